The van der Waals surface area contributed by atoms with Gasteiger partial charge in [-0.15, -0.1) is 0 Å². The first-order valence-corrected chi connectivity index (χ1v) is 8.66. The third kappa shape index (κ3) is 3.62. The van der Waals surface area contributed by atoms with Gasteiger partial charge < -0.3 is 26.5 Å². The molecule has 0 radical (unpaired) electrons. The molecule has 2 aromatic rings. The summed E-state index contributed by atoms with van der Waals surface area (Å²) in [7, 11) is 0. The van der Waals surface area contributed by atoms with E-state index in [4.69, 9.17) is 16.2 Å². The molecule has 1 aliphatic heterocycles. The van der Waals surface area contributed by atoms with E-state index in [1.54, 1.807) is 18.2 Å². The van der Waals surface area contributed by atoms with Crippen molar-refractivity contribution in [3.63, 3.8) is 0 Å². The molecule has 140 valence electrons. The summed E-state index contributed by atoms with van der Waals surface area (Å²) in [5.41, 5.74) is 10.3. The molecule has 3 rings (SSSR count). The van der Waals surface area contributed by atoms with E-state index < -0.39 is 5.97 Å². The van der Waals surface area contributed by atoms with Crippen LogP contribution in [0, 0.1) is 11.3 Å². The number of hydrogen-bond acceptors (Lipinski definition) is 5. The number of rotatable bonds is 6. The largest absolute Gasteiger partial charge is 0.480 e. The molecule has 27 heavy (non-hydrogen) atoms. The molecule has 7 nitrogen and oxygen atoms in total. The van der Waals surface area contributed by atoms with Crippen molar-refractivity contribution in [2.75, 3.05) is 17.6 Å². The lowest BCUT2D eigenvalue weighted by atomic mass is 9.98. The fraction of sp³-hybridized carbons (Fsp3) is 0.250. The van der Waals surface area contributed by atoms with Crippen LogP contribution in [0.1, 0.15) is 35.3 Å². The van der Waals surface area contributed by atoms with Gasteiger partial charge in [0.1, 0.15) is 6.54 Å². The molecule has 7 heteroatoms. The minimum atomic E-state index is -1.04. The summed E-state index contributed by atoms with van der Waals surface area (Å²) in [5.74, 6) is -1.27. The highest BCUT2D eigenvalue weighted by Crippen LogP contribution is 2.32. The monoisotopic (exact) mass is 366 g/mol. The lowest BCUT2D eigenvalue weighted by Gasteiger charge is -2.15. The number of carbonyl (C=O) groups excluding carboxylic acids is 1. The Morgan fingerprint density at radius 2 is 2.07 bits per heavy atom. The summed E-state index contributed by atoms with van der Waals surface area (Å²) in [4.78, 5) is 24.9. The lowest BCUT2D eigenvalue weighted by molar-refractivity contribution is -0.137. The Kier molecular flexibility index (Phi) is 4.85. The molecule has 2 aromatic carbocycles. The van der Waals surface area contributed by atoms with Crippen LogP contribution in [0.5, 0.6) is 0 Å². The topological polar surface area (TPSA) is 120 Å². The van der Waals surface area contributed by atoms with Crippen molar-refractivity contribution < 1.29 is 14.7 Å². The molecule has 0 aliphatic carbocycles. The average Bonchev–Trinajstić information content (AvgIpc) is 2.90. The molecule has 0 fully saturated rings. The number of nitrogens with one attached hydrogen (secondary N) is 2. The van der Waals surface area contributed by atoms with Gasteiger partial charge in [-0.05, 0) is 35.7 Å². The van der Waals surface area contributed by atoms with Gasteiger partial charge in [-0.1, -0.05) is 26.0 Å². The molecule has 0 spiro atoms. The summed E-state index contributed by atoms with van der Waals surface area (Å²) in [6.07, 6.45) is 0. The van der Waals surface area contributed by atoms with Crippen molar-refractivity contribution >= 4 is 34.7 Å². The second-order valence-corrected chi connectivity index (χ2v) is 6.89. The van der Waals surface area contributed by atoms with E-state index in [9.17, 15) is 9.59 Å². The normalized spacial score (nSPS) is 13.0. The standard InChI is InChI=1S/C20H22N4O3/c1-11(2)19(22)14-7-6-13(8-15(14)21)23-16-5-3-4-12-9-24(10-17(25)26)20(27)18(12)16/h3-8,11,22-23H,9-10,21H2,1-2H3,(H,25,26). The molecule has 1 heterocycles. The summed E-state index contributed by atoms with van der Waals surface area (Å²) >= 11 is 0. The number of anilines is 3. The molecule has 0 saturated carbocycles. The maximum Gasteiger partial charge on any atom is 0.323 e. The summed E-state index contributed by atoms with van der Waals surface area (Å²) in [5, 5.41) is 20.3. The smallest absolute Gasteiger partial charge is 0.323 e. The highest BCUT2D eigenvalue weighted by Gasteiger charge is 2.31. The summed E-state index contributed by atoms with van der Waals surface area (Å²) < 4.78 is 0. The number of hydrogen-bond donors (Lipinski definition) is 4. The highest BCUT2D eigenvalue weighted by molar-refractivity contribution is 6.06. The second kappa shape index (κ2) is 7.11. The van der Waals surface area contributed by atoms with Crippen LogP contribution in [0.15, 0.2) is 36.4 Å². The van der Waals surface area contributed by atoms with Gasteiger partial charge in [-0.2, -0.15) is 0 Å². The molecule has 1 aliphatic rings. The Bertz CT molecular complexity index is 937. The predicted molar refractivity (Wildman–Crippen MR) is 105 cm³/mol. The van der Waals surface area contributed by atoms with E-state index in [1.165, 1.54) is 4.90 Å². The quantitative estimate of drug-likeness (QED) is 0.463. The number of carbonyl (C=O) groups is 2. The number of aliphatic carboxylic acids is 1. The maximum atomic E-state index is 12.6. The van der Waals surface area contributed by atoms with E-state index in [-0.39, 0.29) is 24.9 Å². The fourth-order valence-corrected chi connectivity index (χ4v) is 3.17. The van der Waals surface area contributed by atoms with Gasteiger partial charge in [-0.3, -0.25) is 9.59 Å². The van der Waals surface area contributed by atoms with E-state index >= 15 is 0 Å². The van der Waals surface area contributed by atoms with Crippen molar-refractivity contribution in [1.29, 1.82) is 5.41 Å². The molecular formula is C20H22N4O3. The number of nitrogens with two attached hydrogens (primary N) is 1. The van der Waals surface area contributed by atoms with Crippen LogP contribution in [-0.4, -0.2) is 34.1 Å². The first-order valence-electron chi connectivity index (χ1n) is 8.66. The number of fused-ring (bicyclic) bond motifs is 1. The zero-order valence-electron chi connectivity index (χ0n) is 15.2. The van der Waals surface area contributed by atoms with Gasteiger partial charge in [0.2, 0.25) is 0 Å². The molecule has 0 saturated heterocycles. The van der Waals surface area contributed by atoms with Gasteiger partial charge in [0.25, 0.3) is 5.91 Å². The summed E-state index contributed by atoms with van der Waals surface area (Å²) in [6.45, 7) is 3.83. The minimum absolute atomic E-state index is 0.0707. The first kappa shape index (κ1) is 18.4. The molecule has 0 bridgehead atoms. The fourth-order valence-electron chi connectivity index (χ4n) is 3.17. The van der Waals surface area contributed by atoms with Gasteiger partial charge in [0.05, 0.1) is 11.3 Å². The minimum Gasteiger partial charge on any atom is -0.480 e. The second-order valence-electron chi connectivity index (χ2n) is 6.89. The highest BCUT2D eigenvalue weighted by atomic mass is 16.4. The van der Waals surface area contributed by atoms with E-state index in [0.717, 1.165) is 5.56 Å². The van der Waals surface area contributed by atoms with Crippen LogP contribution >= 0.6 is 0 Å². The Hall–Kier alpha value is -3.35. The molecule has 5 N–H and O–H groups in total. The van der Waals surface area contributed by atoms with Gasteiger partial charge in [0.15, 0.2) is 0 Å². The SMILES string of the molecule is CC(C)C(=N)c1ccc(Nc2cccc3c2C(=O)N(CC(=O)O)C3)cc1N. The number of nitrogens with zero attached hydrogens (tertiary/aromatic N) is 1. The van der Waals surface area contributed by atoms with E-state index in [1.807, 2.05) is 32.0 Å². The van der Waals surface area contributed by atoms with E-state index in [0.29, 0.717) is 33.9 Å². The van der Waals surface area contributed by atoms with Crippen LogP contribution < -0.4 is 11.1 Å². The van der Waals surface area contributed by atoms with Crippen molar-refractivity contribution in [2.24, 2.45) is 5.92 Å². The van der Waals surface area contributed by atoms with Crippen LogP contribution in [0.4, 0.5) is 17.1 Å². The van der Waals surface area contributed by atoms with E-state index in [2.05, 4.69) is 5.32 Å². The number of benzene rings is 2. The Labute approximate surface area is 157 Å². The number of amides is 1. The molecule has 0 unspecified atom stereocenters. The Morgan fingerprint density at radius 3 is 2.70 bits per heavy atom. The maximum absolute atomic E-state index is 12.6. The van der Waals surface area contributed by atoms with Crippen molar-refractivity contribution in [1.82, 2.24) is 4.90 Å². The van der Waals surface area contributed by atoms with Crippen molar-refractivity contribution in [3.05, 3.63) is 53.1 Å². The summed E-state index contributed by atoms with van der Waals surface area (Å²) in [6, 6.07) is 10.8. The third-order valence-electron chi connectivity index (χ3n) is 4.54. The lowest BCUT2D eigenvalue weighted by Crippen LogP contribution is -2.30. The molecular weight excluding hydrogens is 344 g/mol. The number of carboxylic acids is 1. The Morgan fingerprint density at radius 1 is 1.33 bits per heavy atom. The van der Waals surface area contributed by atoms with Gasteiger partial charge in [0, 0.05) is 29.2 Å². The molecule has 0 aromatic heterocycles. The number of nitrogen functional groups attached to an aromatic ring is 1. The van der Waals surface area contributed by atoms with Crippen molar-refractivity contribution in [2.45, 2.75) is 20.4 Å². The van der Waals surface area contributed by atoms with Gasteiger partial charge >= 0.3 is 5.97 Å². The van der Waals surface area contributed by atoms with Crippen LogP contribution in [0.25, 0.3) is 0 Å². The van der Waals surface area contributed by atoms with Crippen LogP contribution in [-0.2, 0) is 11.3 Å². The van der Waals surface area contributed by atoms with Crippen molar-refractivity contribution in [3.8, 4) is 0 Å². The Balaban J connectivity index is 1.88. The zero-order chi connectivity index (χ0) is 19.7. The predicted octanol–water partition coefficient (Wildman–Crippen LogP) is 3.08. The third-order valence-corrected chi connectivity index (χ3v) is 4.54. The average molecular weight is 366 g/mol. The van der Waals surface area contributed by atoms with Crippen LogP contribution in [0.2, 0.25) is 0 Å². The van der Waals surface area contributed by atoms with Crippen LogP contribution in [0.3, 0.4) is 0 Å². The first-order chi connectivity index (χ1) is 12.8. The zero-order valence-corrected chi connectivity index (χ0v) is 15.2. The molecule has 1 amide bonds. The van der Waals surface area contributed by atoms with Gasteiger partial charge in [-0.25, -0.2) is 0 Å². The molecule has 0 atom stereocenters. The number of carboxylic acid groups (broad SMARTS) is 1.